The van der Waals surface area contributed by atoms with Crippen molar-refractivity contribution in [2.75, 3.05) is 0 Å². The number of rotatable bonds is 4. The second kappa shape index (κ2) is 5.34. The van der Waals surface area contributed by atoms with E-state index in [2.05, 4.69) is 25.2 Å². The highest BCUT2D eigenvalue weighted by atomic mass is 16.2. The van der Waals surface area contributed by atoms with Crippen LogP contribution in [-0.4, -0.2) is 11.9 Å². The molecule has 1 aliphatic carbocycles. The van der Waals surface area contributed by atoms with Crippen molar-refractivity contribution in [1.82, 2.24) is 5.32 Å². The van der Waals surface area contributed by atoms with E-state index in [1.54, 1.807) is 0 Å². The lowest BCUT2D eigenvalue weighted by Crippen LogP contribution is -2.41. The predicted octanol–water partition coefficient (Wildman–Crippen LogP) is 2.62. The Morgan fingerprint density at radius 3 is 2.75 bits per heavy atom. The number of nitrogens with zero attached hydrogens (tertiary/aromatic N) is 1. The van der Waals surface area contributed by atoms with Gasteiger partial charge < -0.3 is 5.32 Å². The largest absolute Gasteiger partial charge is 0.352 e. The number of carbonyl (C=O) groups excluding carboxylic acids is 1. The highest BCUT2D eigenvalue weighted by molar-refractivity contribution is 5.80. The Morgan fingerprint density at radius 1 is 1.62 bits per heavy atom. The Balaban J connectivity index is 2.55. The van der Waals surface area contributed by atoms with Crippen molar-refractivity contribution in [1.29, 1.82) is 5.26 Å². The fraction of sp³-hybridized carbons (Fsp3) is 0.846. The number of hydrogen-bond donors (Lipinski definition) is 1. The summed E-state index contributed by atoms with van der Waals surface area (Å²) in [5.41, 5.74) is 0.120. The van der Waals surface area contributed by atoms with Gasteiger partial charge in [0.15, 0.2) is 0 Å². The van der Waals surface area contributed by atoms with Gasteiger partial charge in [0.1, 0.15) is 0 Å². The van der Waals surface area contributed by atoms with Gasteiger partial charge in [0, 0.05) is 12.0 Å². The van der Waals surface area contributed by atoms with Crippen molar-refractivity contribution in [3.63, 3.8) is 0 Å². The Hall–Kier alpha value is -1.04. The minimum atomic E-state index is 0.0221. The summed E-state index contributed by atoms with van der Waals surface area (Å²) in [5.74, 6) is 0.268. The summed E-state index contributed by atoms with van der Waals surface area (Å²) in [4.78, 5) is 12.1. The van der Waals surface area contributed by atoms with E-state index in [1.165, 1.54) is 0 Å². The summed E-state index contributed by atoms with van der Waals surface area (Å²) in [6.07, 6.45) is 4.49. The first-order chi connectivity index (χ1) is 7.51. The van der Waals surface area contributed by atoms with E-state index < -0.39 is 0 Å². The maximum Gasteiger partial charge on any atom is 0.223 e. The maximum atomic E-state index is 12.1. The lowest BCUT2D eigenvalue weighted by molar-refractivity contribution is -0.128. The van der Waals surface area contributed by atoms with Crippen LogP contribution in [0.25, 0.3) is 0 Å². The standard InChI is InChI=1S/C13H22N2O/c1-4-10(7-9-14)15-12(16)11-6-5-8-13(11,2)3/h10-11H,4-8H2,1-3H3,(H,15,16). The third-order valence-electron chi connectivity index (χ3n) is 3.75. The van der Waals surface area contributed by atoms with Crippen LogP contribution in [0.4, 0.5) is 0 Å². The first kappa shape index (κ1) is 13.0. The molecule has 3 heteroatoms. The maximum absolute atomic E-state index is 12.1. The van der Waals surface area contributed by atoms with Gasteiger partial charge in [0.05, 0.1) is 12.5 Å². The van der Waals surface area contributed by atoms with Crippen LogP contribution >= 0.6 is 0 Å². The van der Waals surface area contributed by atoms with Gasteiger partial charge in [-0.25, -0.2) is 0 Å². The first-order valence-corrected chi connectivity index (χ1v) is 6.18. The summed E-state index contributed by atoms with van der Waals surface area (Å²) in [6, 6.07) is 2.14. The molecule has 90 valence electrons. The third kappa shape index (κ3) is 2.98. The number of amides is 1. The molecule has 0 bridgehead atoms. The Bertz CT molecular complexity index is 291. The lowest BCUT2D eigenvalue weighted by Gasteiger charge is -2.27. The summed E-state index contributed by atoms with van der Waals surface area (Å²) in [5, 5.41) is 11.7. The number of carbonyl (C=O) groups is 1. The molecule has 1 fully saturated rings. The van der Waals surface area contributed by atoms with Gasteiger partial charge in [0.2, 0.25) is 5.91 Å². The lowest BCUT2D eigenvalue weighted by atomic mass is 9.81. The molecule has 1 amide bonds. The molecule has 0 spiro atoms. The molecule has 3 nitrogen and oxygen atoms in total. The highest BCUT2D eigenvalue weighted by Gasteiger charge is 2.39. The van der Waals surface area contributed by atoms with Crippen LogP contribution in [0.1, 0.15) is 52.9 Å². The zero-order valence-electron chi connectivity index (χ0n) is 10.5. The van der Waals surface area contributed by atoms with Crippen LogP contribution in [-0.2, 0) is 4.79 Å². The topological polar surface area (TPSA) is 52.9 Å². The van der Waals surface area contributed by atoms with Crippen molar-refractivity contribution < 1.29 is 4.79 Å². The Morgan fingerprint density at radius 2 is 2.31 bits per heavy atom. The summed E-state index contributed by atoms with van der Waals surface area (Å²) >= 11 is 0. The van der Waals surface area contributed by atoms with Crippen molar-refractivity contribution >= 4 is 5.91 Å². The SMILES string of the molecule is CCC(CC#N)NC(=O)C1CCCC1(C)C. The molecule has 2 unspecified atom stereocenters. The van der Waals surface area contributed by atoms with Gasteiger partial charge >= 0.3 is 0 Å². The second-order valence-electron chi connectivity index (χ2n) is 5.41. The van der Waals surface area contributed by atoms with Gasteiger partial charge in [0.25, 0.3) is 0 Å². The first-order valence-electron chi connectivity index (χ1n) is 6.18. The molecular formula is C13H22N2O. The van der Waals surface area contributed by atoms with Crippen molar-refractivity contribution in [2.24, 2.45) is 11.3 Å². The summed E-state index contributed by atoms with van der Waals surface area (Å²) in [7, 11) is 0. The van der Waals surface area contributed by atoms with E-state index in [4.69, 9.17) is 5.26 Å². The van der Waals surface area contributed by atoms with Gasteiger partial charge in [-0.1, -0.05) is 27.2 Å². The van der Waals surface area contributed by atoms with E-state index in [-0.39, 0.29) is 23.3 Å². The van der Waals surface area contributed by atoms with Crippen LogP contribution < -0.4 is 5.32 Å². The van der Waals surface area contributed by atoms with E-state index in [9.17, 15) is 4.79 Å². The van der Waals surface area contributed by atoms with Crippen LogP contribution in [0.2, 0.25) is 0 Å². The Kier molecular flexibility index (Phi) is 4.35. The van der Waals surface area contributed by atoms with Crippen LogP contribution in [0.15, 0.2) is 0 Å². The zero-order chi connectivity index (χ0) is 12.2. The van der Waals surface area contributed by atoms with Gasteiger partial charge in [-0.05, 0) is 24.7 Å². The Labute approximate surface area is 98.2 Å². The minimum absolute atomic E-state index is 0.0221. The molecule has 0 heterocycles. The predicted molar refractivity (Wildman–Crippen MR) is 63.6 cm³/mol. The van der Waals surface area contributed by atoms with Gasteiger partial charge in [-0.15, -0.1) is 0 Å². The van der Waals surface area contributed by atoms with Crippen molar-refractivity contribution in [3.8, 4) is 6.07 Å². The van der Waals surface area contributed by atoms with E-state index in [0.717, 1.165) is 25.7 Å². The van der Waals surface area contributed by atoms with Crippen LogP contribution in [0.5, 0.6) is 0 Å². The number of hydrogen-bond acceptors (Lipinski definition) is 2. The van der Waals surface area contributed by atoms with E-state index in [0.29, 0.717) is 6.42 Å². The molecule has 1 rings (SSSR count). The molecule has 16 heavy (non-hydrogen) atoms. The average Bonchev–Trinajstić information content (AvgIpc) is 2.57. The molecule has 1 saturated carbocycles. The smallest absolute Gasteiger partial charge is 0.223 e. The number of nitrogens with one attached hydrogen (secondary N) is 1. The molecule has 1 aliphatic rings. The van der Waals surface area contributed by atoms with Crippen LogP contribution in [0, 0.1) is 22.7 Å². The molecule has 0 aliphatic heterocycles. The summed E-state index contributed by atoms with van der Waals surface area (Å²) < 4.78 is 0. The number of nitriles is 1. The fourth-order valence-electron chi connectivity index (χ4n) is 2.52. The quantitative estimate of drug-likeness (QED) is 0.795. The van der Waals surface area contributed by atoms with Crippen molar-refractivity contribution in [2.45, 2.75) is 58.9 Å². The van der Waals surface area contributed by atoms with Gasteiger partial charge in [-0.3, -0.25) is 4.79 Å². The van der Waals surface area contributed by atoms with E-state index >= 15 is 0 Å². The molecule has 0 aromatic heterocycles. The molecule has 2 atom stereocenters. The highest BCUT2D eigenvalue weighted by Crippen LogP contribution is 2.42. The summed E-state index contributed by atoms with van der Waals surface area (Å²) in [6.45, 7) is 6.33. The van der Waals surface area contributed by atoms with Gasteiger partial charge in [-0.2, -0.15) is 5.26 Å². The van der Waals surface area contributed by atoms with Crippen LogP contribution in [0.3, 0.4) is 0 Å². The van der Waals surface area contributed by atoms with Crippen molar-refractivity contribution in [3.05, 3.63) is 0 Å². The molecule has 0 aromatic rings. The van der Waals surface area contributed by atoms with E-state index in [1.807, 2.05) is 6.92 Å². The third-order valence-corrected chi connectivity index (χ3v) is 3.75. The minimum Gasteiger partial charge on any atom is -0.352 e. The molecule has 0 aromatic carbocycles. The normalized spacial score (nSPS) is 24.8. The molecule has 1 N–H and O–H groups in total. The monoisotopic (exact) mass is 222 g/mol. The molecular weight excluding hydrogens is 200 g/mol. The fourth-order valence-corrected chi connectivity index (χ4v) is 2.52. The second-order valence-corrected chi connectivity index (χ2v) is 5.41. The zero-order valence-corrected chi connectivity index (χ0v) is 10.5. The molecule has 0 saturated heterocycles. The average molecular weight is 222 g/mol. The molecule has 0 radical (unpaired) electrons.